The topological polar surface area (TPSA) is 68.2 Å². The Morgan fingerprint density at radius 2 is 2.59 bits per heavy atom. The van der Waals surface area contributed by atoms with Gasteiger partial charge in [-0.05, 0) is 13.5 Å². The SMILES string of the molecule is C=CCC(N)c1nc(C2CSCCN2C)no1. The molecule has 1 aliphatic rings. The Labute approximate surface area is 105 Å². The van der Waals surface area contributed by atoms with Crippen LogP contribution in [0.25, 0.3) is 0 Å². The summed E-state index contributed by atoms with van der Waals surface area (Å²) in [6.45, 7) is 4.71. The summed E-state index contributed by atoms with van der Waals surface area (Å²) in [4.78, 5) is 6.65. The molecule has 2 unspecified atom stereocenters. The van der Waals surface area contributed by atoms with E-state index in [4.69, 9.17) is 10.3 Å². The molecule has 1 aromatic heterocycles. The molecule has 1 aliphatic heterocycles. The van der Waals surface area contributed by atoms with Gasteiger partial charge in [-0.2, -0.15) is 16.7 Å². The minimum atomic E-state index is -0.240. The van der Waals surface area contributed by atoms with Crippen molar-refractivity contribution in [1.29, 1.82) is 0 Å². The number of nitrogens with two attached hydrogens (primary N) is 1. The first kappa shape index (κ1) is 12.6. The molecule has 1 aromatic rings. The Balaban J connectivity index is 2.08. The van der Waals surface area contributed by atoms with E-state index in [0.29, 0.717) is 12.3 Å². The van der Waals surface area contributed by atoms with Gasteiger partial charge in [0.1, 0.15) is 0 Å². The third-order valence-electron chi connectivity index (χ3n) is 2.89. The molecule has 0 spiro atoms. The number of rotatable bonds is 4. The number of thioether (sulfide) groups is 1. The molecule has 0 bridgehead atoms. The van der Waals surface area contributed by atoms with Crippen LogP contribution in [0.4, 0.5) is 0 Å². The van der Waals surface area contributed by atoms with Crippen molar-refractivity contribution in [3.05, 3.63) is 24.4 Å². The fourth-order valence-electron chi connectivity index (χ4n) is 1.77. The van der Waals surface area contributed by atoms with E-state index in [1.807, 2.05) is 11.8 Å². The molecule has 0 aromatic carbocycles. The average molecular weight is 254 g/mol. The predicted octanol–water partition coefficient (Wildman–Crippen LogP) is 1.37. The van der Waals surface area contributed by atoms with Crippen LogP contribution in [0.1, 0.15) is 30.2 Å². The monoisotopic (exact) mass is 254 g/mol. The maximum Gasteiger partial charge on any atom is 0.243 e. The zero-order valence-corrected chi connectivity index (χ0v) is 10.8. The molecule has 2 rings (SSSR count). The van der Waals surface area contributed by atoms with Gasteiger partial charge in [0, 0.05) is 18.1 Å². The van der Waals surface area contributed by atoms with E-state index in [1.165, 1.54) is 0 Å². The first-order valence-electron chi connectivity index (χ1n) is 5.70. The Bertz CT molecular complexity index is 381. The molecular formula is C11H18N4OS. The molecule has 17 heavy (non-hydrogen) atoms. The van der Waals surface area contributed by atoms with E-state index < -0.39 is 0 Å². The van der Waals surface area contributed by atoms with E-state index >= 15 is 0 Å². The van der Waals surface area contributed by atoms with Crippen LogP contribution in [0.15, 0.2) is 17.2 Å². The van der Waals surface area contributed by atoms with Gasteiger partial charge in [-0.1, -0.05) is 11.2 Å². The average Bonchev–Trinajstić information content (AvgIpc) is 2.79. The second-order valence-electron chi connectivity index (χ2n) is 4.19. The van der Waals surface area contributed by atoms with Crippen LogP contribution in [-0.4, -0.2) is 40.1 Å². The molecule has 2 atom stereocenters. The summed E-state index contributed by atoms with van der Waals surface area (Å²) >= 11 is 1.92. The van der Waals surface area contributed by atoms with Crippen LogP contribution in [0, 0.1) is 0 Å². The summed E-state index contributed by atoms with van der Waals surface area (Å²) in [5.41, 5.74) is 5.90. The Morgan fingerprint density at radius 3 is 3.29 bits per heavy atom. The molecule has 5 nitrogen and oxygen atoms in total. The largest absolute Gasteiger partial charge is 0.338 e. The molecule has 0 amide bonds. The number of aromatic nitrogens is 2. The Hall–Kier alpha value is -0.850. The first-order chi connectivity index (χ1) is 8.22. The van der Waals surface area contributed by atoms with Crippen LogP contribution in [0.2, 0.25) is 0 Å². The van der Waals surface area contributed by atoms with Crippen LogP contribution in [-0.2, 0) is 0 Å². The zero-order chi connectivity index (χ0) is 12.3. The molecule has 0 radical (unpaired) electrons. The van der Waals surface area contributed by atoms with Gasteiger partial charge < -0.3 is 10.3 Å². The van der Waals surface area contributed by atoms with Gasteiger partial charge in [0.25, 0.3) is 0 Å². The van der Waals surface area contributed by atoms with Gasteiger partial charge >= 0.3 is 0 Å². The minimum Gasteiger partial charge on any atom is -0.338 e. The normalized spacial score (nSPS) is 23.5. The van der Waals surface area contributed by atoms with Gasteiger partial charge in [0.05, 0.1) is 12.1 Å². The molecule has 2 heterocycles. The van der Waals surface area contributed by atoms with Crippen molar-refractivity contribution in [2.24, 2.45) is 5.73 Å². The summed E-state index contributed by atoms with van der Waals surface area (Å²) in [6.07, 6.45) is 2.41. The number of hydrogen-bond donors (Lipinski definition) is 1. The van der Waals surface area contributed by atoms with Crippen molar-refractivity contribution >= 4 is 11.8 Å². The highest BCUT2D eigenvalue weighted by Crippen LogP contribution is 2.27. The van der Waals surface area contributed by atoms with Gasteiger partial charge in [-0.15, -0.1) is 6.58 Å². The molecule has 0 saturated carbocycles. The Kier molecular flexibility index (Phi) is 4.20. The number of nitrogens with zero attached hydrogens (tertiary/aromatic N) is 3. The smallest absolute Gasteiger partial charge is 0.243 e. The van der Waals surface area contributed by atoms with Gasteiger partial charge in [0.15, 0.2) is 5.82 Å². The van der Waals surface area contributed by atoms with Crippen LogP contribution < -0.4 is 5.73 Å². The van der Waals surface area contributed by atoms with Crippen molar-refractivity contribution in [1.82, 2.24) is 15.0 Å². The van der Waals surface area contributed by atoms with E-state index in [0.717, 1.165) is 23.9 Å². The highest BCUT2D eigenvalue weighted by Gasteiger charge is 2.26. The molecule has 6 heteroatoms. The number of hydrogen-bond acceptors (Lipinski definition) is 6. The van der Waals surface area contributed by atoms with Gasteiger partial charge in [0.2, 0.25) is 5.89 Å². The Morgan fingerprint density at radius 1 is 1.76 bits per heavy atom. The summed E-state index contributed by atoms with van der Waals surface area (Å²) in [5, 5.41) is 4.04. The van der Waals surface area contributed by atoms with E-state index in [2.05, 4.69) is 28.7 Å². The lowest BCUT2D eigenvalue weighted by Gasteiger charge is -2.29. The quantitative estimate of drug-likeness (QED) is 0.818. The highest BCUT2D eigenvalue weighted by atomic mass is 32.2. The third kappa shape index (κ3) is 2.88. The predicted molar refractivity (Wildman–Crippen MR) is 68.7 cm³/mol. The lowest BCUT2D eigenvalue weighted by atomic mass is 10.2. The van der Waals surface area contributed by atoms with Crippen molar-refractivity contribution in [2.75, 3.05) is 25.1 Å². The van der Waals surface area contributed by atoms with Crippen molar-refractivity contribution < 1.29 is 4.52 Å². The molecular weight excluding hydrogens is 236 g/mol. The molecule has 1 saturated heterocycles. The zero-order valence-electron chi connectivity index (χ0n) is 10.0. The molecule has 2 N–H and O–H groups in total. The lowest BCUT2D eigenvalue weighted by Crippen LogP contribution is -2.33. The molecule has 0 aliphatic carbocycles. The second-order valence-corrected chi connectivity index (χ2v) is 5.34. The third-order valence-corrected chi connectivity index (χ3v) is 3.91. The maximum absolute atomic E-state index is 5.90. The van der Waals surface area contributed by atoms with Crippen molar-refractivity contribution in [3.8, 4) is 0 Å². The standard InChI is InChI=1S/C11H18N4OS/c1-3-4-8(12)11-13-10(14-16-11)9-7-17-6-5-15(9)2/h3,8-9H,1,4-7,12H2,2H3. The van der Waals surface area contributed by atoms with Gasteiger partial charge in [-0.25, -0.2) is 0 Å². The lowest BCUT2D eigenvalue weighted by molar-refractivity contribution is 0.256. The van der Waals surface area contributed by atoms with Crippen LogP contribution >= 0.6 is 11.8 Å². The fraction of sp³-hybridized carbons (Fsp3) is 0.636. The maximum atomic E-state index is 5.90. The summed E-state index contributed by atoms with van der Waals surface area (Å²) in [6, 6.07) is -0.00233. The molecule has 1 fully saturated rings. The summed E-state index contributed by atoms with van der Waals surface area (Å²) < 4.78 is 5.21. The van der Waals surface area contributed by atoms with E-state index in [9.17, 15) is 0 Å². The summed E-state index contributed by atoms with van der Waals surface area (Å²) in [5.74, 6) is 3.41. The minimum absolute atomic E-state index is 0.238. The fourth-order valence-corrected chi connectivity index (χ4v) is 2.98. The van der Waals surface area contributed by atoms with Crippen molar-refractivity contribution in [2.45, 2.75) is 18.5 Å². The summed E-state index contributed by atoms with van der Waals surface area (Å²) in [7, 11) is 2.09. The molecule has 94 valence electrons. The van der Waals surface area contributed by atoms with Crippen LogP contribution in [0.5, 0.6) is 0 Å². The van der Waals surface area contributed by atoms with E-state index in [-0.39, 0.29) is 12.1 Å². The highest BCUT2D eigenvalue weighted by molar-refractivity contribution is 7.99. The van der Waals surface area contributed by atoms with Crippen LogP contribution in [0.3, 0.4) is 0 Å². The van der Waals surface area contributed by atoms with E-state index in [1.54, 1.807) is 6.08 Å². The van der Waals surface area contributed by atoms with Gasteiger partial charge in [-0.3, -0.25) is 4.90 Å². The first-order valence-corrected chi connectivity index (χ1v) is 6.85. The second kappa shape index (κ2) is 5.66. The van der Waals surface area contributed by atoms with Crippen molar-refractivity contribution in [3.63, 3.8) is 0 Å².